The summed E-state index contributed by atoms with van der Waals surface area (Å²) in [5.41, 5.74) is 0.794. The minimum absolute atomic E-state index is 0.0302. The number of thiophene rings is 1. The molecule has 0 radical (unpaired) electrons. The molecule has 1 heterocycles. The fourth-order valence-electron chi connectivity index (χ4n) is 1.25. The summed E-state index contributed by atoms with van der Waals surface area (Å²) in [4.78, 5) is 0. The third-order valence-corrected chi connectivity index (χ3v) is 5.12. The maximum absolute atomic E-state index is 11.9. The molecule has 9 heteroatoms. The van der Waals surface area contributed by atoms with Crippen molar-refractivity contribution in [3.05, 3.63) is 17.0 Å². The highest BCUT2D eigenvalue weighted by molar-refractivity contribution is 7.91. The van der Waals surface area contributed by atoms with Gasteiger partial charge in [0.15, 0.2) is 0 Å². The monoisotopic (exact) mass is 316 g/mol. The second-order valence-corrected chi connectivity index (χ2v) is 6.72. The van der Waals surface area contributed by atoms with Crippen molar-refractivity contribution in [2.45, 2.75) is 30.3 Å². The van der Waals surface area contributed by atoms with Gasteiger partial charge in [0.2, 0.25) is 10.0 Å². The zero-order chi connectivity index (χ0) is 14.5. The first-order valence-electron chi connectivity index (χ1n) is 5.59. The van der Waals surface area contributed by atoms with Crippen molar-refractivity contribution in [3.8, 4) is 0 Å². The molecule has 0 saturated carbocycles. The van der Waals surface area contributed by atoms with Gasteiger partial charge < -0.3 is 5.32 Å². The van der Waals surface area contributed by atoms with Crippen LogP contribution in [-0.2, 0) is 16.6 Å². The predicted molar refractivity (Wildman–Crippen MR) is 67.6 cm³/mol. The third kappa shape index (κ3) is 5.89. The van der Waals surface area contributed by atoms with Crippen molar-refractivity contribution in [1.82, 2.24) is 10.0 Å². The van der Waals surface area contributed by atoms with Crippen LogP contribution in [-0.4, -0.2) is 27.7 Å². The van der Waals surface area contributed by atoms with Crippen molar-refractivity contribution < 1.29 is 21.6 Å². The van der Waals surface area contributed by atoms with E-state index in [1.165, 1.54) is 6.07 Å². The van der Waals surface area contributed by atoms with Gasteiger partial charge >= 0.3 is 6.18 Å². The molecule has 0 aromatic carbocycles. The summed E-state index contributed by atoms with van der Waals surface area (Å²) < 4.78 is 61.2. The zero-order valence-electron chi connectivity index (χ0n) is 10.3. The molecule has 0 spiro atoms. The lowest BCUT2D eigenvalue weighted by Gasteiger charge is -2.07. The van der Waals surface area contributed by atoms with E-state index in [0.29, 0.717) is 6.54 Å². The standard InChI is InChI=1S/C10H15F3N2O2S2/c1-2-14-6-8-5-9(18-7-8)19(16,17)15-4-3-10(11,12)13/h5,7,14-15H,2-4,6H2,1H3. The number of hydrogen-bond donors (Lipinski definition) is 2. The molecule has 0 aliphatic rings. The molecule has 1 aromatic heterocycles. The normalized spacial score (nSPS) is 12.8. The lowest BCUT2D eigenvalue weighted by molar-refractivity contribution is -0.132. The van der Waals surface area contributed by atoms with Gasteiger partial charge in [-0.3, -0.25) is 0 Å². The third-order valence-electron chi connectivity index (χ3n) is 2.17. The van der Waals surface area contributed by atoms with Crippen molar-refractivity contribution in [1.29, 1.82) is 0 Å². The summed E-state index contributed by atoms with van der Waals surface area (Å²) in [6, 6.07) is 1.46. The number of rotatable bonds is 7. The summed E-state index contributed by atoms with van der Waals surface area (Å²) in [6.45, 7) is 2.56. The number of sulfonamides is 1. The SMILES string of the molecule is CCNCc1csc(S(=O)(=O)NCCC(F)(F)F)c1. The molecule has 0 aliphatic carbocycles. The highest BCUT2D eigenvalue weighted by atomic mass is 32.2. The van der Waals surface area contributed by atoms with Crippen molar-refractivity contribution >= 4 is 21.4 Å². The van der Waals surface area contributed by atoms with Crippen LogP contribution in [0.25, 0.3) is 0 Å². The van der Waals surface area contributed by atoms with Crippen LogP contribution in [0.1, 0.15) is 18.9 Å². The number of alkyl halides is 3. The van der Waals surface area contributed by atoms with Gasteiger partial charge in [0.1, 0.15) is 4.21 Å². The van der Waals surface area contributed by atoms with Crippen molar-refractivity contribution in [2.75, 3.05) is 13.1 Å². The maximum Gasteiger partial charge on any atom is 0.390 e. The zero-order valence-corrected chi connectivity index (χ0v) is 11.9. The summed E-state index contributed by atoms with van der Waals surface area (Å²) in [6.07, 6.45) is -5.55. The van der Waals surface area contributed by atoms with E-state index in [1.54, 1.807) is 5.38 Å². The van der Waals surface area contributed by atoms with E-state index in [-0.39, 0.29) is 4.21 Å². The van der Waals surface area contributed by atoms with E-state index in [0.717, 1.165) is 23.4 Å². The van der Waals surface area contributed by atoms with Crippen LogP contribution in [0, 0.1) is 0 Å². The average Bonchev–Trinajstić information content (AvgIpc) is 2.73. The minimum Gasteiger partial charge on any atom is -0.313 e. The summed E-state index contributed by atoms with van der Waals surface area (Å²) in [5.74, 6) is 0. The Bertz CT molecular complexity index is 497. The molecule has 0 atom stereocenters. The first-order valence-corrected chi connectivity index (χ1v) is 7.95. The van der Waals surface area contributed by atoms with Gasteiger partial charge in [-0.05, 0) is 23.6 Å². The Kier molecular flexibility index (Phi) is 5.78. The molecule has 1 rings (SSSR count). The van der Waals surface area contributed by atoms with Gasteiger partial charge in [-0.15, -0.1) is 11.3 Å². The van der Waals surface area contributed by atoms with Crippen molar-refractivity contribution in [3.63, 3.8) is 0 Å². The molecular formula is C10H15F3N2O2S2. The summed E-state index contributed by atoms with van der Waals surface area (Å²) in [5, 5.41) is 4.70. The van der Waals surface area contributed by atoms with Gasteiger partial charge in [-0.25, -0.2) is 13.1 Å². The Balaban J connectivity index is 2.59. The van der Waals surface area contributed by atoms with E-state index < -0.39 is 29.2 Å². The molecule has 19 heavy (non-hydrogen) atoms. The van der Waals surface area contributed by atoms with Gasteiger partial charge in [-0.2, -0.15) is 13.2 Å². The predicted octanol–water partition coefficient (Wildman–Crippen LogP) is 2.09. The van der Waals surface area contributed by atoms with Gasteiger partial charge in [0.25, 0.3) is 0 Å². The number of nitrogens with one attached hydrogen (secondary N) is 2. The Hall–Kier alpha value is -0.640. The van der Waals surface area contributed by atoms with Crippen LogP contribution in [0.2, 0.25) is 0 Å². The Morgan fingerprint density at radius 3 is 2.63 bits per heavy atom. The molecule has 1 aromatic rings. The Morgan fingerprint density at radius 1 is 1.37 bits per heavy atom. The smallest absolute Gasteiger partial charge is 0.313 e. The molecule has 0 amide bonds. The molecule has 0 unspecified atom stereocenters. The van der Waals surface area contributed by atoms with Gasteiger partial charge in [-0.1, -0.05) is 6.92 Å². The molecule has 110 valence electrons. The van der Waals surface area contributed by atoms with Gasteiger partial charge in [0, 0.05) is 13.1 Å². The molecule has 0 aliphatic heterocycles. The van der Waals surface area contributed by atoms with Crippen LogP contribution < -0.4 is 10.0 Å². The molecule has 4 nitrogen and oxygen atoms in total. The first kappa shape index (κ1) is 16.4. The molecule has 2 N–H and O–H groups in total. The van der Waals surface area contributed by atoms with Crippen LogP contribution in [0.5, 0.6) is 0 Å². The lowest BCUT2D eigenvalue weighted by atomic mass is 10.3. The second-order valence-electron chi connectivity index (χ2n) is 3.82. The van der Waals surface area contributed by atoms with Crippen LogP contribution >= 0.6 is 11.3 Å². The van der Waals surface area contributed by atoms with E-state index in [1.807, 2.05) is 11.6 Å². The van der Waals surface area contributed by atoms with E-state index in [9.17, 15) is 21.6 Å². The van der Waals surface area contributed by atoms with Crippen molar-refractivity contribution in [2.24, 2.45) is 0 Å². The van der Waals surface area contributed by atoms with Crippen LogP contribution in [0.3, 0.4) is 0 Å². The summed E-state index contributed by atoms with van der Waals surface area (Å²) in [7, 11) is -3.85. The highest BCUT2D eigenvalue weighted by Gasteiger charge is 2.27. The first-order chi connectivity index (χ1) is 8.74. The Labute approximate surface area is 114 Å². The van der Waals surface area contributed by atoms with E-state index in [2.05, 4.69) is 5.32 Å². The quantitative estimate of drug-likeness (QED) is 0.810. The highest BCUT2D eigenvalue weighted by Crippen LogP contribution is 2.21. The Morgan fingerprint density at radius 2 is 2.05 bits per heavy atom. The molecule has 0 saturated heterocycles. The molecular weight excluding hydrogens is 301 g/mol. The van der Waals surface area contributed by atoms with Crippen LogP contribution in [0.4, 0.5) is 13.2 Å². The average molecular weight is 316 g/mol. The minimum atomic E-state index is -4.37. The molecule has 0 fully saturated rings. The number of halogens is 3. The topological polar surface area (TPSA) is 58.2 Å². The lowest BCUT2D eigenvalue weighted by Crippen LogP contribution is -2.27. The molecule has 0 bridgehead atoms. The number of hydrogen-bond acceptors (Lipinski definition) is 4. The maximum atomic E-state index is 11.9. The largest absolute Gasteiger partial charge is 0.390 e. The fourth-order valence-corrected chi connectivity index (χ4v) is 3.54. The summed E-state index contributed by atoms with van der Waals surface area (Å²) >= 11 is 0.993. The fraction of sp³-hybridized carbons (Fsp3) is 0.600. The van der Waals surface area contributed by atoms with E-state index >= 15 is 0 Å². The van der Waals surface area contributed by atoms with Gasteiger partial charge in [0.05, 0.1) is 6.42 Å². The van der Waals surface area contributed by atoms with E-state index in [4.69, 9.17) is 0 Å². The second kappa shape index (κ2) is 6.69. The van der Waals surface area contributed by atoms with Crippen LogP contribution in [0.15, 0.2) is 15.7 Å².